The van der Waals surface area contributed by atoms with Crippen LogP contribution < -0.4 is 0 Å². The van der Waals surface area contributed by atoms with Crippen molar-refractivity contribution < 1.29 is 9.59 Å². The Hall–Kier alpha value is -3.00. The first kappa shape index (κ1) is 18.8. The SMILES string of the molecule is CC(C(=O)c1ccccc1)C(c1ccccc1)C(C)C(=O)c1ccccc1. The number of carbonyl (C=O) groups is 2. The number of Topliss-reactive ketones (excluding diaryl/α,β-unsaturated/α-hetero) is 2. The second-order valence-corrected chi connectivity index (χ2v) is 6.97. The largest absolute Gasteiger partial charge is 0.294 e. The summed E-state index contributed by atoms with van der Waals surface area (Å²) in [5.41, 5.74) is 2.39. The van der Waals surface area contributed by atoms with Crippen molar-refractivity contribution in [2.75, 3.05) is 0 Å². The van der Waals surface area contributed by atoms with Crippen molar-refractivity contribution in [3.63, 3.8) is 0 Å². The molecule has 0 aliphatic carbocycles. The first-order chi connectivity index (χ1) is 13.1. The van der Waals surface area contributed by atoms with E-state index in [-0.39, 0.29) is 29.3 Å². The van der Waals surface area contributed by atoms with E-state index in [9.17, 15) is 9.59 Å². The van der Waals surface area contributed by atoms with E-state index in [0.717, 1.165) is 5.56 Å². The summed E-state index contributed by atoms with van der Waals surface area (Å²) < 4.78 is 0. The third-order valence-corrected chi connectivity index (χ3v) is 5.21. The van der Waals surface area contributed by atoms with Crippen molar-refractivity contribution in [1.29, 1.82) is 0 Å². The number of hydrogen-bond donors (Lipinski definition) is 0. The van der Waals surface area contributed by atoms with Gasteiger partial charge in [0.05, 0.1) is 0 Å². The minimum Gasteiger partial charge on any atom is -0.294 e. The van der Waals surface area contributed by atoms with Crippen molar-refractivity contribution in [1.82, 2.24) is 0 Å². The van der Waals surface area contributed by atoms with Crippen LogP contribution in [0.4, 0.5) is 0 Å². The minimum absolute atomic E-state index is 0.0668. The zero-order chi connectivity index (χ0) is 19.2. The van der Waals surface area contributed by atoms with E-state index in [0.29, 0.717) is 11.1 Å². The van der Waals surface area contributed by atoms with Crippen molar-refractivity contribution in [2.24, 2.45) is 11.8 Å². The van der Waals surface area contributed by atoms with E-state index in [4.69, 9.17) is 0 Å². The molecular formula is C25H24O2. The lowest BCUT2D eigenvalue weighted by molar-refractivity contribution is 0.0837. The summed E-state index contributed by atoms with van der Waals surface area (Å²) in [6.07, 6.45) is 0. The van der Waals surface area contributed by atoms with Gasteiger partial charge < -0.3 is 0 Å². The van der Waals surface area contributed by atoms with Gasteiger partial charge in [-0.1, -0.05) is 105 Å². The Balaban J connectivity index is 1.96. The lowest BCUT2D eigenvalue weighted by Gasteiger charge is -2.29. The molecule has 3 aromatic rings. The van der Waals surface area contributed by atoms with Gasteiger partial charge in [-0.05, 0) is 5.56 Å². The second kappa shape index (κ2) is 8.59. The van der Waals surface area contributed by atoms with Crippen LogP contribution in [0.2, 0.25) is 0 Å². The smallest absolute Gasteiger partial charge is 0.166 e. The highest BCUT2D eigenvalue weighted by molar-refractivity contribution is 6.01. The van der Waals surface area contributed by atoms with E-state index >= 15 is 0 Å². The van der Waals surface area contributed by atoms with Crippen molar-refractivity contribution in [2.45, 2.75) is 19.8 Å². The molecule has 0 heterocycles. The normalized spacial score (nSPS) is 14.1. The van der Waals surface area contributed by atoms with Gasteiger partial charge in [0.2, 0.25) is 0 Å². The highest BCUT2D eigenvalue weighted by atomic mass is 16.1. The van der Waals surface area contributed by atoms with Crippen LogP contribution in [-0.2, 0) is 0 Å². The molecule has 3 rings (SSSR count). The van der Waals surface area contributed by atoms with E-state index in [2.05, 4.69) is 0 Å². The van der Waals surface area contributed by atoms with Gasteiger partial charge in [0.25, 0.3) is 0 Å². The fourth-order valence-corrected chi connectivity index (χ4v) is 3.74. The molecule has 0 saturated heterocycles. The third-order valence-electron chi connectivity index (χ3n) is 5.21. The van der Waals surface area contributed by atoms with Crippen molar-refractivity contribution >= 4 is 11.6 Å². The topological polar surface area (TPSA) is 34.1 Å². The summed E-state index contributed by atoms with van der Waals surface area (Å²) in [5, 5.41) is 0. The summed E-state index contributed by atoms with van der Waals surface area (Å²) in [7, 11) is 0. The van der Waals surface area contributed by atoms with Gasteiger partial charge in [-0.2, -0.15) is 0 Å². The number of rotatable bonds is 7. The van der Waals surface area contributed by atoms with Crippen LogP contribution in [0.15, 0.2) is 91.0 Å². The van der Waals surface area contributed by atoms with Crippen LogP contribution in [0.1, 0.15) is 46.0 Å². The van der Waals surface area contributed by atoms with Crippen LogP contribution in [0.25, 0.3) is 0 Å². The van der Waals surface area contributed by atoms with Crippen LogP contribution in [0.5, 0.6) is 0 Å². The zero-order valence-electron chi connectivity index (χ0n) is 15.7. The van der Waals surface area contributed by atoms with Crippen LogP contribution >= 0.6 is 0 Å². The fourth-order valence-electron chi connectivity index (χ4n) is 3.74. The van der Waals surface area contributed by atoms with Gasteiger partial charge in [-0.15, -0.1) is 0 Å². The summed E-state index contributed by atoms with van der Waals surface area (Å²) in [6, 6.07) is 28.5. The molecule has 0 aliphatic heterocycles. The predicted molar refractivity (Wildman–Crippen MR) is 109 cm³/mol. The maximum Gasteiger partial charge on any atom is 0.166 e. The zero-order valence-corrected chi connectivity index (χ0v) is 15.7. The standard InChI is InChI=1S/C25H24O2/c1-18(24(26)21-14-8-4-9-15-21)23(20-12-6-3-7-13-20)19(2)25(27)22-16-10-5-11-17-22/h3-19,23H,1-2H3. The summed E-state index contributed by atoms with van der Waals surface area (Å²) in [4.78, 5) is 26.2. The molecule has 0 N–H and O–H groups in total. The molecule has 0 aliphatic rings. The average molecular weight is 356 g/mol. The molecule has 0 radical (unpaired) electrons. The molecule has 0 fully saturated rings. The van der Waals surface area contributed by atoms with E-state index in [1.165, 1.54) is 0 Å². The minimum atomic E-state index is -0.308. The molecule has 3 aromatic carbocycles. The van der Waals surface area contributed by atoms with E-state index in [1.807, 2.05) is 105 Å². The molecule has 0 aromatic heterocycles. The van der Waals surface area contributed by atoms with Crippen LogP contribution in [0, 0.1) is 11.8 Å². The van der Waals surface area contributed by atoms with Crippen LogP contribution in [-0.4, -0.2) is 11.6 Å². The first-order valence-electron chi connectivity index (χ1n) is 9.33. The van der Waals surface area contributed by atoms with Gasteiger partial charge in [0.15, 0.2) is 11.6 Å². The summed E-state index contributed by atoms with van der Waals surface area (Å²) in [6.45, 7) is 3.86. The number of carbonyl (C=O) groups excluding carboxylic acids is 2. The molecule has 0 spiro atoms. The fraction of sp³-hybridized carbons (Fsp3) is 0.200. The Morgan fingerprint density at radius 1 is 0.556 bits per heavy atom. The Morgan fingerprint density at radius 3 is 1.26 bits per heavy atom. The Morgan fingerprint density at radius 2 is 0.889 bits per heavy atom. The maximum absolute atomic E-state index is 13.1. The predicted octanol–water partition coefficient (Wildman–Crippen LogP) is 5.81. The summed E-state index contributed by atoms with van der Waals surface area (Å²) in [5.74, 6) is -0.670. The molecule has 136 valence electrons. The Kier molecular flexibility index (Phi) is 5.97. The van der Waals surface area contributed by atoms with Crippen molar-refractivity contribution in [3.05, 3.63) is 108 Å². The van der Waals surface area contributed by atoms with Gasteiger partial charge in [-0.25, -0.2) is 0 Å². The lowest BCUT2D eigenvalue weighted by Crippen LogP contribution is -2.29. The lowest BCUT2D eigenvalue weighted by atomic mass is 9.73. The van der Waals surface area contributed by atoms with Gasteiger partial charge in [0.1, 0.15) is 0 Å². The molecule has 2 unspecified atom stereocenters. The monoisotopic (exact) mass is 356 g/mol. The molecule has 2 heteroatoms. The average Bonchev–Trinajstić information content (AvgIpc) is 2.74. The third kappa shape index (κ3) is 4.22. The maximum atomic E-state index is 13.1. The Bertz CT molecular complexity index is 828. The molecule has 0 bridgehead atoms. The molecule has 2 atom stereocenters. The molecule has 0 saturated carbocycles. The number of benzene rings is 3. The molecular weight excluding hydrogens is 332 g/mol. The second-order valence-electron chi connectivity index (χ2n) is 6.97. The molecule has 0 amide bonds. The van der Waals surface area contributed by atoms with Gasteiger partial charge in [0, 0.05) is 28.9 Å². The van der Waals surface area contributed by atoms with Crippen LogP contribution in [0.3, 0.4) is 0 Å². The number of hydrogen-bond acceptors (Lipinski definition) is 2. The molecule has 27 heavy (non-hydrogen) atoms. The number of ketones is 2. The van der Waals surface area contributed by atoms with Gasteiger partial charge in [-0.3, -0.25) is 9.59 Å². The summed E-state index contributed by atoms with van der Waals surface area (Å²) >= 11 is 0. The Labute approximate surface area is 160 Å². The van der Waals surface area contributed by atoms with E-state index in [1.54, 1.807) is 0 Å². The van der Waals surface area contributed by atoms with Crippen molar-refractivity contribution in [3.8, 4) is 0 Å². The highest BCUT2D eigenvalue weighted by Crippen LogP contribution is 2.36. The first-order valence-corrected chi connectivity index (χ1v) is 9.33. The highest BCUT2D eigenvalue weighted by Gasteiger charge is 2.34. The van der Waals surface area contributed by atoms with E-state index < -0.39 is 0 Å². The van der Waals surface area contributed by atoms with Gasteiger partial charge >= 0.3 is 0 Å². The quantitative estimate of drug-likeness (QED) is 0.501. The molecule has 2 nitrogen and oxygen atoms in total.